The first-order valence-electron chi connectivity index (χ1n) is 4.78. The average molecular weight is 256 g/mol. The molecule has 0 bridgehead atoms. The van der Waals surface area contributed by atoms with Crippen LogP contribution in [-0.4, -0.2) is 28.6 Å². The van der Waals surface area contributed by atoms with E-state index in [2.05, 4.69) is 9.72 Å². The van der Waals surface area contributed by atoms with Crippen LogP contribution in [0.2, 0.25) is 5.02 Å². The molecule has 1 rings (SSSR count). The van der Waals surface area contributed by atoms with E-state index in [9.17, 15) is 9.59 Å². The fourth-order valence-corrected chi connectivity index (χ4v) is 1.31. The van der Waals surface area contributed by atoms with Gasteiger partial charge in [-0.25, -0.2) is 14.6 Å². The number of hydrogen-bond acceptors (Lipinski definition) is 4. The molecule has 0 spiro atoms. The smallest absolute Gasteiger partial charge is 0.356 e. The van der Waals surface area contributed by atoms with E-state index in [4.69, 9.17) is 16.7 Å². The van der Waals surface area contributed by atoms with Crippen molar-refractivity contribution in [1.29, 1.82) is 0 Å². The van der Waals surface area contributed by atoms with E-state index in [-0.39, 0.29) is 10.7 Å². The first-order valence-corrected chi connectivity index (χ1v) is 5.16. The second kappa shape index (κ2) is 6.00. The Morgan fingerprint density at radius 3 is 2.82 bits per heavy atom. The summed E-state index contributed by atoms with van der Waals surface area (Å²) in [6.45, 7) is 1.99. The first-order chi connectivity index (χ1) is 8.04. The number of esters is 1. The Balaban J connectivity index is 2.84. The fourth-order valence-electron chi connectivity index (χ4n) is 1.06. The predicted molar refractivity (Wildman–Crippen MR) is 61.9 cm³/mol. The molecule has 17 heavy (non-hydrogen) atoms. The molecule has 1 aromatic rings. The van der Waals surface area contributed by atoms with Crippen LogP contribution in [0, 0.1) is 0 Å². The van der Waals surface area contributed by atoms with Crippen LogP contribution in [0.25, 0.3) is 6.08 Å². The van der Waals surface area contributed by atoms with Crippen LogP contribution in [0.4, 0.5) is 0 Å². The SMILES string of the molecule is CCOC(=O)C=Cc1cnc(C(=O)O)c(Cl)c1. The average Bonchev–Trinajstić information content (AvgIpc) is 2.26. The summed E-state index contributed by atoms with van der Waals surface area (Å²) in [5.74, 6) is -1.68. The number of aromatic carboxylic acids is 1. The zero-order valence-corrected chi connectivity index (χ0v) is 9.77. The Labute approximate surface area is 103 Å². The third-order valence-corrected chi connectivity index (χ3v) is 2.05. The summed E-state index contributed by atoms with van der Waals surface area (Å²) >= 11 is 5.71. The van der Waals surface area contributed by atoms with Crippen LogP contribution in [0.15, 0.2) is 18.3 Å². The highest BCUT2D eigenvalue weighted by molar-refractivity contribution is 6.33. The van der Waals surface area contributed by atoms with E-state index in [0.717, 1.165) is 0 Å². The van der Waals surface area contributed by atoms with Crippen molar-refractivity contribution in [3.8, 4) is 0 Å². The van der Waals surface area contributed by atoms with Crippen LogP contribution < -0.4 is 0 Å². The molecule has 0 saturated carbocycles. The van der Waals surface area contributed by atoms with Crippen LogP contribution in [0.5, 0.6) is 0 Å². The van der Waals surface area contributed by atoms with E-state index in [1.807, 2.05) is 0 Å². The zero-order valence-electron chi connectivity index (χ0n) is 9.01. The van der Waals surface area contributed by atoms with Gasteiger partial charge in [-0.1, -0.05) is 11.6 Å². The van der Waals surface area contributed by atoms with Crippen molar-refractivity contribution in [3.05, 3.63) is 34.6 Å². The van der Waals surface area contributed by atoms with Crippen LogP contribution in [-0.2, 0) is 9.53 Å². The molecule has 5 nitrogen and oxygen atoms in total. The summed E-state index contributed by atoms with van der Waals surface area (Å²) in [7, 11) is 0. The molecule has 0 aliphatic heterocycles. The molecule has 0 atom stereocenters. The molecule has 6 heteroatoms. The maximum absolute atomic E-state index is 11.0. The van der Waals surface area contributed by atoms with Crippen LogP contribution in [0.1, 0.15) is 23.0 Å². The molecule has 0 unspecified atom stereocenters. The largest absolute Gasteiger partial charge is 0.476 e. The zero-order chi connectivity index (χ0) is 12.8. The van der Waals surface area contributed by atoms with Gasteiger partial charge in [-0.15, -0.1) is 0 Å². The van der Waals surface area contributed by atoms with E-state index < -0.39 is 11.9 Å². The Bertz CT molecular complexity index is 471. The number of halogens is 1. The van der Waals surface area contributed by atoms with E-state index >= 15 is 0 Å². The van der Waals surface area contributed by atoms with Crippen LogP contribution >= 0.6 is 11.6 Å². The molecule has 0 aliphatic carbocycles. The second-order valence-electron chi connectivity index (χ2n) is 2.99. The molecule has 90 valence electrons. The van der Waals surface area contributed by atoms with Crippen molar-refractivity contribution in [2.45, 2.75) is 6.92 Å². The lowest BCUT2D eigenvalue weighted by molar-refractivity contribution is -0.137. The summed E-state index contributed by atoms with van der Waals surface area (Å²) in [4.78, 5) is 25.3. The van der Waals surface area contributed by atoms with E-state index in [0.29, 0.717) is 12.2 Å². The standard InChI is InChI=1S/C11H10ClNO4/c1-2-17-9(14)4-3-7-5-8(12)10(11(15)16)13-6-7/h3-6H,2H2,1H3,(H,15,16). The second-order valence-corrected chi connectivity index (χ2v) is 3.40. The van der Waals surface area contributed by atoms with Crippen molar-refractivity contribution < 1.29 is 19.4 Å². The number of carboxylic acid groups (broad SMARTS) is 1. The minimum atomic E-state index is -1.20. The molecular weight excluding hydrogens is 246 g/mol. The lowest BCUT2D eigenvalue weighted by Crippen LogP contribution is -2.01. The molecular formula is C11H10ClNO4. The summed E-state index contributed by atoms with van der Waals surface area (Å²) in [6, 6.07) is 1.41. The van der Waals surface area contributed by atoms with Crippen molar-refractivity contribution in [3.63, 3.8) is 0 Å². The highest BCUT2D eigenvalue weighted by atomic mass is 35.5. The Hall–Kier alpha value is -1.88. The number of carboxylic acids is 1. The normalized spacial score (nSPS) is 10.5. The third kappa shape index (κ3) is 3.88. The minimum absolute atomic E-state index is 0.0171. The number of carbonyl (C=O) groups excluding carboxylic acids is 1. The molecule has 0 fully saturated rings. The number of aromatic nitrogens is 1. The predicted octanol–water partition coefficient (Wildman–Crippen LogP) is 2.01. The summed E-state index contributed by atoms with van der Waals surface area (Å²) in [5.41, 5.74) is 0.299. The number of rotatable bonds is 4. The van der Waals surface area contributed by atoms with Crippen LogP contribution in [0.3, 0.4) is 0 Å². The summed E-state index contributed by atoms with van der Waals surface area (Å²) in [5, 5.41) is 8.72. The molecule has 0 amide bonds. The lowest BCUT2D eigenvalue weighted by atomic mass is 10.2. The summed E-state index contributed by atoms with van der Waals surface area (Å²) in [6.07, 6.45) is 3.98. The van der Waals surface area contributed by atoms with Gasteiger partial charge in [-0.2, -0.15) is 0 Å². The van der Waals surface area contributed by atoms with E-state index in [1.165, 1.54) is 24.4 Å². The van der Waals surface area contributed by atoms with Gasteiger partial charge in [-0.3, -0.25) is 0 Å². The van der Waals surface area contributed by atoms with Gasteiger partial charge in [0, 0.05) is 12.3 Å². The maximum atomic E-state index is 11.0. The topological polar surface area (TPSA) is 76.5 Å². The lowest BCUT2D eigenvalue weighted by Gasteiger charge is -1.99. The fraction of sp³-hybridized carbons (Fsp3) is 0.182. The molecule has 0 radical (unpaired) electrons. The van der Waals surface area contributed by atoms with Crippen molar-refractivity contribution in [2.24, 2.45) is 0 Å². The highest BCUT2D eigenvalue weighted by Crippen LogP contribution is 2.16. The monoisotopic (exact) mass is 255 g/mol. The number of ether oxygens (including phenoxy) is 1. The number of hydrogen-bond donors (Lipinski definition) is 1. The van der Waals surface area contributed by atoms with Gasteiger partial charge < -0.3 is 9.84 Å². The highest BCUT2D eigenvalue weighted by Gasteiger charge is 2.09. The Kier molecular flexibility index (Phi) is 4.66. The molecule has 0 aromatic carbocycles. The molecule has 1 heterocycles. The van der Waals surface area contributed by atoms with E-state index in [1.54, 1.807) is 6.92 Å². The Morgan fingerprint density at radius 2 is 2.29 bits per heavy atom. The quantitative estimate of drug-likeness (QED) is 0.658. The van der Waals surface area contributed by atoms with Gasteiger partial charge in [-0.05, 0) is 24.6 Å². The molecule has 0 saturated heterocycles. The number of pyridine rings is 1. The van der Waals surface area contributed by atoms with Gasteiger partial charge in [0.15, 0.2) is 5.69 Å². The van der Waals surface area contributed by atoms with Gasteiger partial charge >= 0.3 is 11.9 Å². The third-order valence-electron chi connectivity index (χ3n) is 1.76. The van der Waals surface area contributed by atoms with Gasteiger partial charge in [0.2, 0.25) is 0 Å². The van der Waals surface area contributed by atoms with Gasteiger partial charge in [0.1, 0.15) is 0 Å². The number of carbonyl (C=O) groups is 2. The van der Waals surface area contributed by atoms with Gasteiger partial charge in [0.25, 0.3) is 0 Å². The first kappa shape index (κ1) is 13.2. The Morgan fingerprint density at radius 1 is 1.59 bits per heavy atom. The summed E-state index contributed by atoms with van der Waals surface area (Å²) < 4.78 is 4.68. The molecule has 0 aliphatic rings. The van der Waals surface area contributed by atoms with Crippen molar-refractivity contribution in [2.75, 3.05) is 6.61 Å². The molecule has 1 aromatic heterocycles. The van der Waals surface area contributed by atoms with Crippen molar-refractivity contribution in [1.82, 2.24) is 4.98 Å². The number of nitrogens with zero attached hydrogens (tertiary/aromatic N) is 1. The van der Waals surface area contributed by atoms with Crippen molar-refractivity contribution >= 4 is 29.6 Å². The minimum Gasteiger partial charge on any atom is -0.476 e. The maximum Gasteiger partial charge on any atom is 0.356 e. The molecule has 1 N–H and O–H groups in total. The van der Waals surface area contributed by atoms with Gasteiger partial charge in [0.05, 0.1) is 11.6 Å².